The fraction of sp³-hybridized carbons (Fsp3) is 0.333. The fourth-order valence-corrected chi connectivity index (χ4v) is 2.72. The summed E-state index contributed by atoms with van der Waals surface area (Å²) in [6, 6.07) is 12.1. The lowest BCUT2D eigenvalue weighted by Crippen LogP contribution is -2.52. The van der Waals surface area contributed by atoms with Crippen LogP contribution in [0.1, 0.15) is 34.0 Å². The van der Waals surface area contributed by atoms with Gasteiger partial charge in [0.05, 0.1) is 13.7 Å². The molecular formula is C24H25F3N2O4. The van der Waals surface area contributed by atoms with E-state index in [0.717, 1.165) is 0 Å². The Kier molecular flexibility index (Phi) is 9.45. The van der Waals surface area contributed by atoms with E-state index in [4.69, 9.17) is 4.74 Å². The monoisotopic (exact) mass is 462 g/mol. The van der Waals surface area contributed by atoms with Gasteiger partial charge in [-0.2, -0.15) is 13.2 Å². The van der Waals surface area contributed by atoms with Crippen molar-refractivity contribution >= 4 is 11.9 Å². The van der Waals surface area contributed by atoms with Crippen LogP contribution in [-0.2, 0) is 20.9 Å². The number of likely N-dealkylation sites (N-methyl/N-ethyl adjacent to an activating group) is 1. The normalized spacial score (nSPS) is 12.8. The summed E-state index contributed by atoms with van der Waals surface area (Å²) in [6.07, 6.45) is -4.35. The summed E-state index contributed by atoms with van der Waals surface area (Å²) >= 11 is 0. The average molecular weight is 462 g/mol. The topological polar surface area (TPSA) is 76.7 Å². The Balaban J connectivity index is 1.98. The van der Waals surface area contributed by atoms with Gasteiger partial charge in [-0.15, -0.1) is 0 Å². The molecule has 0 radical (unpaired) electrons. The zero-order chi connectivity index (χ0) is 24.4. The van der Waals surface area contributed by atoms with Crippen LogP contribution in [0.25, 0.3) is 0 Å². The van der Waals surface area contributed by atoms with Gasteiger partial charge >= 0.3 is 12.1 Å². The minimum Gasteiger partial charge on any atom is -0.467 e. The SMILES string of the molecule is CN[C@H](C)[C@H](NC(=O)c1ccc(C#Cc2ccc(COCC(F)(F)F)cc2)cc1)C(=O)OC. The summed E-state index contributed by atoms with van der Waals surface area (Å²) in [5.74, 6) is 4.94. The zero-order valence-electron chi connectivity index (χ0n) is 18.5. The molecule has 2 atom stereocenters. The molecule has 0 unspecified atom stereocenters. The van der Waals surface area contributed by atoms with E-state index in [2.05, 4.69) is 27.2 Å². The lowest BCUT2D eigenvalue weighted by atomic mass is 10.1. The van der Waals surface area contributed by atoms with Gasteiger partial charge in [0.25, 0.3) is 5.91 Å². The molecule has 0 fully saturated rings. The summed E-state index contributed by atoms with van der Waals surface area (Å²) in [7, 11) is 2.93. The van der Waals surface area contributed by atoms with Gasteiger partial charge in [0.1, 0.15) is 12.6 Å². The lowest BCUT2D eigenvalue weighted by molar-refractivity contribution is -0.176. The molecule has 2 rings (SSSR count). The van der Waals surface area contributed by atoms with E-state index in [0.29, 0.717) is 22.3 Å². The van der Waals surface area contributed by atoms with Gasteiger partial charge in [0.2, 0.25) is 0 Å². The molecular weight excluding hydrogens is 437 g/mol. The number of esters is 1. The van der Waals surface area contributed by atoms with Crippen LogP contribution < -0.4 is 10.6 Å². The van der Waals surface area contributed by atoms with Crippen LogP contribution >= 0.6 is 0 Å². The molecule has 0 aromatic heterocycles. The molecule has 6 nitrogen and oxygen atoms in total. The van der Waals surface area contributed by atoms with E-state index < -0.39 is 30.7 Å². The van der Waals surface area contributed by atoms with E-state index in [1.54, 1.807) is 62.5 Å². The molecule has 0 aliphatic heterocycles. The summed E-state index contributed by atoms with van der Waals surface area (Å²) < 4.78 is 45.7. The van der Waals surface area contributed by atoms with Gasteiger partial charge in [-0.1, -0.05) is 24.0 Å². The van der Waals surface area contributed by atoms with Crippen molar-refractivity contribution in [2.24, 2.45) is 0 Å². The first-order chi connectivity index (χ1) is 15.6. The molecule has 0 saturated heterocycles. The van der Waals surface area contributed by atoms with Crippen molar-refractivity contribution in [1.29, 1.82) is 0 Å². The van der Waals surface area contributed by atoms with E-state index >= 15 is 0 Å². The van der Waals surface area contributed by atoms with E-state index in [1.807, 2.05) is 0 Å². The Labute approximate surface area is 190 Å². The van der Waals surface area contributed by atoms with Crippen LogP contribution in [0, 0.1) is 11.8 Å². The molecule has 2 N–H and O–H groups in total. The second-order valence-corrected chi connectivity index (χ2v) is 7.18. The molecule has 0 saturated carbocycles. The number of methoxy groups -OCH3 is 1. The highest BCUT2D eigenvalue weighted by Gasteiger charge is 2.28. The Hall–Kier alpha value is -3.35. The number of hydrogen-bond acceptors (Lipinski definition) is 5. The van der Waals surface area contributed by atoms with E-state index in [-0.39, 0.29) is 12.6 Å². The predicted octanol–water partition coefficient (Wildman–Crippen LogP) is 3.04. The van der Waals surface area contributed by atoms with Crippen LogP contribution in [0.2, 0.25) is 0 Å². The molecule has 2 aromatic rings. The number of carbonyl (C=O) groups is 2. The molecule has 33 heavy (non-hydrogen) atoms. The molecule has 0 aliphatic carbocycles. The molecule has 176 valence electrons. The number of halogens is 3. The Morgan fingerprint density at radius 1 is 1.00 bits per heavy atom. The van der Waals surface area contributed by atoms with E-state index in [9.17, 15) is 22.8 Å². The summed E-state index contributed by atoms with van der Waals surface area (Å²) in [4.78, 5) is 24.4. The third kappa shape index (κ3) is 8.60. The number of ether oxygens (including phenoxy) is 2. The zero-order valence-corrected chi connectivity index (χ0v) is 18.5. The van der Waals surface area contributed by atoms with Crippen molar-refractivity contribution in [2.75, 3.05) is 20.8 Å². The highest BCUT2D eigenvalue weighted by atomic mass is 19.4. The van der Waals surface area contributed by atoms with Crippen molar-refractivity contribution in [3.8, 4) is 11.8 Å². The van der Waals surface area contributed by atoms with Gasteiger partial charge in [-0.05, 0) is 55.9 Å². The standard InChI is InChI=1S/C24H25F3N2O4/c1-16(28-2)21(23(31)32-3)29-22(30)20-12-10-18(11-13-20)5-4-17-6-8-19(9-7-17)14-33-15-24(25,26)27/h6-13,16,21,28H,14-15H2,1-3H3,(H,29,30)/t16-,21+/m1/s1. The predicted molar refractivity (Wildman–Crippen MR) is 116 cm³/mol. The Bertz CT molecular complexity index is 994. The number of rotatable bonds is 8. The molecule has 9 heteroatoms. The third-order valence-corrected chi connectivity index (χ3v) is 4.68. The number of benzene rings is 2. The van der Waals surface area contributed by atoms with Gasteiger partial charge in [0, 0.05) is 22.7 Å². The molecule has 0 bridgehead atoms. The molecule has 2 aromatic carbocycles. The third-order valence-electron chi connectivity index (χ3n) is 4.68. The Morgan fingerprint density at radius 3 is 2.03 bits per heavy atom. The number of amides is 1. The number of alkyl halides is 3. The minimum absolute atomic E-state index is 0.138. The van der Waals surface area contributed by atoms with Crippen molar-refractivity contribution in [3.05, 3.63) is 70.8 Å². The molecule has 1 amide bonds. The fourth-order valence-electron chi connectivity index (χ4n) is 2.72. The largest absolute Gasteiger partial charge is 0.467 e. The minimum atomic E-state index is -4.35. The summed E-state index contributed by atoms with van der Waals surface area (Å²) in [5.41, 5.74) is 2.31. The first-order valence-electron chi connectivity index (χ1n) is 10.0. The maximum absolute atomic E-state index is 12.5. The molecule has 0 heterocycles. The first-order valence-corrected chi connectivity index (χ1v) is 10.0. The number of nitrogens with one attached hydrogen (secondary N) is 2. The maximum atomic E-state index is 12.5. The second kappa shape index (κ2) is 12.0. The van der Waals surface area contributed by atoms with E-state index in [1.165, 1.54) is 7.11 Å². The highest BCUT2D eigenvalue weighted by molar-refractivity contribution is 5.97. The molecule has 0 aliphatic rings. The van der Waals surface area contributed by atoms with Crippen molar-refractivity contribution in [3.63, 3.8) is 0 Å². The smallest absolute Gasteiger partial charge is 0.411 e. The maximum Gasteiger partial charge on any atom is 0.411 e. The highest BCUT2D eigenvalue weighted by Crippen LogP contribution is 2.16. The summed E-state index contributed by atoms with van der Waals surface area (Å²) in [5, 5.41) is 5.57. The van der Waals surface area contributed by atoms with Crippen molar-refractivity contribution < 1.29 is 32.2 Å². The quantitative estimate of drug-likeness (QED) is 0.466. The lowest BCUT2D eigenvalue weighted by Gasteiger charge is -2.22. The van der Waals surface area contributed by atoms with Crippen molar-refractivity contribution in [2.45, 2.75) is 31.8 Å². The van der Waals surface area contributed by atoms with Gasteiger partial charge in [0.15, 0.2) is 0 Å². The first kappa shape index (κ1) is 25.9. The Morgan fingerprint density at radius 2 is 1.55 bits per heavy atom. The average Bonchev–Trinajstić information content (AvgIpc) is 2.80. The van der Waals surface area contributed by atoms with Gasteiger partial charge < -0.3 is 20.1 Å². The number of hydrogen-bond donors (Lipinski definition) is 2. The van der Waals surface area contributed by atoms with Crippen LogP contribution in [-0.4, -0.2) is 50.9 Å². The van der Waals surface area contributed by atoms with Crippen LogP contribution in [0.4, 0.5) is 13.2 Å². The van der Waals surface area contributed by atoms with Gasteiger partial charge in [-0.3, -0.25) is 4.79 Å². The number of carbonyl (C=O) groups excluding carboxylic acids is 2. The molecule has 0 spiro atoms. The van der Waals surface area contributed by atoms with Crippen LogP contribution in [0.5, 0.6) is 0 Å². The van der Waals surface area contributed by atoms with Crippen molar-refractivity contribution in [1.82, 2.24) is 10.6 Å². The summed E-state index contributed by atoms with van der Waals surface area (Å²) in [6.45, 7) is 0.323. The second-order valence-electron chi connectivity index (χ2n) is 7.18. The van der Waals surface area contributed by atoms with Gasteiger partial charge in [-0.25, -0.2) is 4.79 Å². The van der Waals surface area contributed by atoms with Crippen LogP contribution in [0.15, 0.2) is 48.5 Å². The van der Waals surface area contributed by atoms with Crippen LogP contribution in [0.3, 0.4) is 0 Å².